The molecule has 2 N–H and O–H groups in total. The largest absolute Gasteiger partial charge is 0.315 e. The van der Waals surface area contributed by atoms with Gasteiger partial charge in [-0.25, -0.2) is 13.5 Å². The van der Waals surface area contributed by atoms with Gasteiger partial charge in [-0.15, -0.1) is 0 Å². The van der Waals surface area contributed by atoms with Gasteiger partial charge in [0.1, 0.15) is 5.71 Å². The summed E-state index contributed by atoms with van der Waals surface area (Å²) in [6.07, 6.45) is 3.08. The minimum atomic E-state index is -0.762. The number of benzene rings is 1. The molecule has 0 spiro atoms. The Hall–Kier alpha value is -3.06. The van der Waals surface area contributed by atoms with E-state index in [4.69, 9.17) is 0 Å². The maximum Gasteiger partial charge on any atom is 0.278 e. The van der Waals surface area contributed by atoms with Gasteiger partial charge < -0.3 is 5.32 Å². The van der Waals surface area contributed by atoms with Crippen LogP contribution in [0.3, 0.4) is 0 Å². The van der Waals surface area contributed by atoms with E-state index >= 15 is 4.39 Å². The van der Waals surface area contributed by atoms with Crippen LogP contribution < -0.4 is 21.4 Å². The summed E-state index contributed by atoms with van der Waals surface area (Å²) in [4.78, 5) is 17.1. The molecule has 1 aromatic heterocycles. The minimum Gasteiger partial charge on any atom is -0.315 e. The predicted molar refractivity (Wildman–Crippen MR) is 118 cm³/mol. The smallest absolute Gasteiger partial charge is 0.278 e. The lowest BCUT2D eigenvalue weighted by molar-refractivity contribution is 0.634. The first kappa shape index (κ1) is 21.6. The fourth-order valence-electron chi connectivity index (χ4n) is 3.25. The van der Waals surface area contributed by atoms with E-state index < -0.39 is 11.7 Å². The number of aromatic amines is 1. The Morgan fingerprint density at radius 2 is 1.93 bits per heavy atom. The van der Waals surface area contributed by atoms with Crippen LogP contribution in [0.4, 0.5) is 8.78 Å². The quantitative estimate of drug-likeness (QED) is 0.742. The number of rotatable bonds is 5. The standard InChI is InChI=1S/C23H26F2N4O/c1-4-26-12-13-27-22-19(24)14-16(3)21-18(11-10-15(2)20(22)25)23(30)29(28-21)17-8-6-5-7-9-17/h5-9,11,14,26,28H,4,10,12-13H2,1-3H3/b18-11+,19-14+,20-15-,21-16-,27-22?. The third-order valence-corrected chi connectivity index (χ3v) is 4.91. The molecule has 1 aliphatic rings. The Morgan fingerprint density at radius 1 is 1.20 bits per heavy atom. The van der Waals surface area contributed by atoms with Crippen LogP contribution in [0.5, 0.6) is 0 Å². The number of fused-ring (bicyclic) bond motifs is 1. The van der Waals surface area contributed by atoms with Gasteiger partial charge in [-0.2, -0.15) is 0 Å². The molecule has 0 saturated heterocycles. The van der Waals surface area contributed by atoms with Gasteiger partial charge in [-0.3, -0.25) is 14.9 Å². The van der Waals surface area contributed by atoms with Gasteiger partial charge in [0.15, 0.2) is 11.7 Å². The molecule has 0 atom stereocenters. The number of likely N-dealkylation sites (N-methyl/N-ethyl adjacent to an activating group) is 1. The molecule has 0 aliphatic heterocycles. The minimum absolute atomic E-state index is 0.174. The average molecular weight is 412 g/mol. The molecule has 30 heavy (non-hydrogen) atoms. The number of allylic oxidation sites excluding steroid dienone is 4. The lowest BCUT2D eigenvalue weighted by Gasteiger charge is -2.07. The zero-order chi connectivity index (χ0) is 21.7. The molecule has 0 bridgehead atoms. The van der Waals surface area contributed by atoms with E-state index in [1.807, 2.05) is 25.1 Å². The van der Waals surface area contributed by atoms with Gasteiger partial charge in [-0.1, -0.05) is 31.2 Å². The molecular weight excluding hydrogens is 386 g/mol. The van der Waals surface area contributed by atoms with Crippen molar-refractivity contribution in [3.8, 4) is 5.69 Å². The predicted octanol–water partition coefficient (Wildman–Crippen LogP) is 2.67. The first-order chi connectivity index (χ1) is 14.4. The van der Waals surface area contributed by atoms with Crippen molar-refractivity contribution in [1.82, 2.24) is 15.1 Å². The summed E-state index contributed by atoms with van der Waals surface area (Å²) in [5.74, 6) is -1.45. The van der Waals surface area contributed by atoms with Gasteiger partial charge in [-0.05, 0) is 56.2 Å². The Morgan fingerprint density at radius 3 is 2.63 bits per heavy atom. The molecule has 0 unspecified atom stereocenters. The zero-order valence-corrected chi connectivity index (χ0v) is 17.4. The summed E-state index contributed by atoms with van der Waals surface area (Å²) >= 11 is 0. The fourth-order valence-corrected chi connectivity index (χ4v) is 3.25. The summed E-state index contributed by atoms with van der Waals surface area (Å²) < 4.78 is 31.4. The monoisotopic (exact) mass is 412 g/mol. The summed E-state index contributed by atoms with van der Waals surface area (Å²) in [5.41, 5.74) is 0.916. The van der Waals surface area contributed by atoms with E-state index in [1.165, 1.54) is 10.8 Å². The van der Waals surface area contributed by atoms with Crippen LogP contribution in [0.15, 0.2) is 63.4 Å². The zero-order valence-electron chi connectivity index (χ0n) is 17.4. The molecular formula is C23H26F2N4O. The first-order valence-electron chi connectivity index (χ1n) is 10.00. The SMILES string of the molecule is CCNCCN=C1/C(F)=C(\C)C/C=c2/c(=O)n(-c3ccccc3)[nH]/c2=C(C)\C=C/1F. The third-order valence-electron chi connectivity index (χ3n) is 4.91. The van der Waals surface area contributed by atoms with Crippen molar-refractivity contribution >= 4 is 17.4 Å². The maximum absolute atomic E-state index is 15.0. The molecule has 1 heterocycles. The van der Waals surface area contributed by atoms with Crippen LogP contribution in [0.25, 0.3) is 17.3 Å². The van der Waals surface area contributed by atoms with E-state index in [-0.39, 0.29) is 24.2 Å². The Bertz CT molecular complexity index is 1180. The first-order valence-corrected chi connectivity index (χ1v) is 10.00. The summed E-state index contributed by atoms with van der Waals surface area (Å²) in [6.45, 7) is 6.78. The lowest BCUT2D eigenvalue weighted by Crippen LogP contribution is -2.35. The summed E-state index contributed by atoms with van der Waals surface area (Å²) in [7, 11) is 0. The molecule has 5 nitrogen and oxygen atoms in total. The van der Waals surface area contributed by atoms with Gasteiger partial charge in [0.2, 0.25) is 0 Å². The highest BCUT2D eigenvalue weighted by Gasteiger charge is 2.17. The Kier molecular flexibility index (Phi) is 6.95. The number of halogens is 2. The van der Waals surface area contributed by atoms with E-state index in [9.17, 15) is 9.18 Å². The van der Waals surface area contributed by atoms with Crippen molar-refractivity contribution in [1.29, 1.82) is 0 Å². The van der Waals surface area contributed by atoms with Crippen molar-refractivity contribution in [3.63, 3.8) is 0 Å². The molecule has 7 heteroatoms. The van der Waals surface area contributed by atoms with Gasteiger partial charge in [0.05, 0.1) is 22.8 Å². The lowest BCUT2D eigenvalue weighted by atomic mass is 10.1. The van der Waals surface area contributed by atoms with Crippen LogP contribution in [-0.2, 0) is 0 Å². The third kappa shape index (κ3) is 4.57. The summed E-state index contributed by atoms with van der Waals surface area (Å²) in [6, 6.07) is 9.12. The van der Waals surface area contributed by atoms with Crippen molar-refractivity contribution < 1.29 is 8.78 Å². The normalized spacial score (nSPS) is 23.4. The number of aliphatic imine (C=N–C) groups is 1. The molecule has 3 rings (SSSR count). The highest BCUT2D eigenvalue weighted by atomic mass is 19.1. The van der Waals surface area contributed by atoms with E-state index in [2.05, 4.69) is 15.4 Å². The number of aromatic nitrogens is 2. The van der Waals surface area contributed by atoms with Crippen molar-refractivity contribution in [2.24, 2.45) is 4.99 Å². The van der Waals surface area contributed by atoms with Gasteiger partial charge in [0.25, 0.3) is 5.56 Å². The summed E-state index contributed by atoms with van der Waals surface area (Å²) in [5, 5.41) is 7.04. The van der Waals surface area contributed by atoms with Crippen molar-refractivity contribution in [2.75, 3.05) is 19.6 Å². The molecule has 0 fully saturated rings. The number of H-pyrrole nitrogens is 1. The molecule has 1 aliphatic carbocycles. The van der Waals surface area contributed by atoms with E-state index in [0.29, 0.717) is 33.9 Å². The van der Waals surface area contributed by atoms with Crippen LogP contribution >= 0.6 is 0 Å². The van der Waals surface area contributed by atoms with Crippen LogP contribution in [0.2, 0.25) is 0 Å². The number of hydrogen-bond acceptors (Lipinski definition) is 3. The number of para-hydroxylation sites is 1. The molecule has 0 radical (unpaired) electrons. The molecule has 2 aromatic rings. The number of nitrogens with zero attached hydrogens (tertiary/aromatic N) is 2. The van der Waals surface area contributed by atoms with Crippen molar-refractivity contribution in [2.45, 2.75) is 27.2 Å². The van der Waals surface area contributed by atoms with Gasteiger partial charge in [0, 0.05) is 6.54 Å². The average Bonchev–Trinajstić information content (AvgIpc) is 3.08. The fraction of sp³-hybridized carbons (Fsp3) is 0.304. The second kappa shape index (κ2) is 9.63. The molecule has 158 valence electrons. The van der Waals surface area contributed by atoms with Crippen molar-refractivity contribution in [3.05, 3.63) is 74.6 Å². The van der Waals surface area contributed by atoms with Crippen LogP contribution in [0.1, 0.15) is 27.2 Å². The molecule has 1 aromatic carbocycles. The van der Waals surface area contributed by atoms with Gasteiger partial charge >= 0.3 is 0 Å². The Labute approximate surface area is 173 Å². The maximum atomic E-state index is 15.0. The Balaban J connectivity index is 2.20. The molecule has 0 saturated carbocycles. The number of hydrogen-bond donors (Lipinski definition) is 2. The van der Waals surface area contributed by atoms with Crippen LogP contribution in [-0.4, -0.2) is 35.1 Å². The topological polar surface area (TPSA) is 62.2 Å². The second-order valence-electron chi connectivity index (χ2n) is 7.14. The number of nitrogens with one attached hydrogen (secondary N) is 2. The highest BCUT2D eigenvalue weighted by Crippen LogP contribution is 2.20. The van der Waals surface area contributed by atoms with E-state index in [1.54, 1.807) is 32.1 Å². The highest BCUT2D eigenvalue weighted by molar-refractivity contribution is 6.10. The second-order valence-corrected chi connectivity index (χ2v) is 7.14. The van der Waals surface area contributed by atoms with Crippen LogP contribution in [0, 0.1) is 0 Å². The molecule has 0 amide bonds. The van der Waals surface area contributed by atoms with E-state index in [0.717, 1.165) is 6.54 Å².